The zero-order chi connectivity index (χ0) is 11.4. The second-order valence-electron chi connectivity index (χ2n) is 3.36. The number of nitrogens with one attached hydrogen (secondary N) is 1. The fourth-order valence-corrected chi connectivity index (χ4v) is 2.31. The monoisotopic (exact) mass is 250 g/mol. The Balaban J connectivity index is 2.20. The molecule has 0 aliphatic heterocycles. The second-order valence-corrected chi connectivity index (χ2v) is 5.01. The Hall–Kier alpha value is -0.870. The molecule has 0 aliphatic carbocycles. The van der Waals surface area contributed by atoms with E-state index in [0.29, 0.717) is 5.75 Å². The lowest BCUT2D eigenvalue weighted by atomic mass is 10.2. The van der Waals surface area contributed by atoms with Gasteiger partial charge in [-0.15, -0.1) is 11.8 Å². The molecular weight excluding hydrogens is 236 g/mol. The van der Waals surface area contributed by atoms with Gasteiger partial charge in [-0.05, 0) is 23.4 Å². The zero-order valence-electron chi connectivity index (χ0n) is 9.10. The molecule has 0 spiro atoms. The maximum Gasteiger partial charge on any atom is 0.116 e. The Morgan fingerprint density at radius 3 is 2.62 bits per heavy atom. The number of hydrogen-bond acceptors (Lipinski definition) is 3. The molecule has 2 rings (SSSR count). The number of imidazole rings is 1. The number of nitrogens with zero attached hydrogens (tertiary/aromatic N) is 1. The predicted octanol–water partition coefficient (Wildman–Crippen LogP) is 3.62. The molecule has 16 heavy (non-hydrogen) atoms. The number of aromatic amines is 1. The highest BCUT2D eigenvalue weighted by atomic mass is 32.2. The van der Waals surface area contributed by atoms with Crippen LogP contribution < -0.4 is 0 Å². The number of thiol groups is 1. The normalized spacial score (nSPS) is 10.6. The van der Waals surface area contributed by atoms with Crippen molar-refractivity contribution < 1.29 is 0 Å². The lowest BCUT2D eigenvalue weighted by Gasteiger charge is -2.00. The van der Waals surface area contributed by atoms with Gasteiger partial charge in [0.1, 0.15) is 5.82 Å². The third kappa shape index (κ3) is 2.62. The predicted molar refractivity (Wildman–Crippen MR) is 73.1 cm³/mol. The van der Waals surface area contributed by atoms with E-state index in [4.69, 9.17) is 0 Å². The van der Waals surface area contributed by atoms with Gasteiger partial charge in [0.15, 0.2) is 0 Å². The number of aromatic nitrogens is 2. The number of rotatable bonds is 4. The lowest BCUT2D eigenvalue weighted by Crippen LogP contribution is -1.81. The van der Waals surface area contributed by atoms with Crippen molar-refractivity contribution in [3.8, 4) is 11.3 Å². The van der Waals surface area contributed by atoms with Gasteiger partial charge in [-0.1, -0.05) is 19.1 Å². The highest BCUT2D eigenvalue weighted by Crippen LogP contribution is 2.23. The molecular formula is C12H14N2S2. The van der Waals surface area contributed by atoms with Crippen molar-refractivity contribution in [1.82, 2.24) is 9.97 Å². The van der Waals surface area contributed by atoms with Crippen LogP contribution in [-0.4, -0.2) is 15.7 Å². The van der Waals surface area contributed by atoms with E-state index < -0.39 is 0 Å². The summed E-state index contributed by atoms with van der Waals surface area (Å²) in [4.78, 5) is 8.77. The standard InChI is InChI=1S/C12H14N2S2/c1-2-16-10-5-3-9(4-6-10)11-7-13-12(8-15)14-11/h3-7,15H,2,8H2,1H3,(H,13,14). The lowest BCUT2D eigenvalue weighted by molar-refractivity contribution is 1.13. The van der Waals surface area contributed by atoms with Crippen LogP contribution in [0.5, 0.6) is 0 Å². The number of H-pyrrole nitrogens is 1. The van der Waals surface area contributed by atoms with Gasteiger partial charge in [0.2, 0.25) is 0 Å². The van der Waals surface area contributed by atoms with Gasteiger partial charge >= 0.3 is 0 Å². The summed E-state index contributed by atoms with van der Waals surface area (Å²) < 4.78 is 0. The molecule has 1 heterocycles. The summed E-state index contributed by atoms with van der Waals surface area (Å²) in [7, 11) is 0. The molecule has 1 aromatic heterocycles. The van der Waals surface area contributed by atoms with Crippen LogP contribution in [0.4, 0.5) is 0 Å². The van der Waals surface area contributed by atoms with Gasteiger partial charge < -0.3 is 4.98 Å². The fourth-order valence-electron chi connectivity index (χ4n) is 1.49. The topological polar surface area (TPSA) is 28.7 Å². The van der Waals surface area contributed by atoms with Crippen LogP contribution in [0.1, 0.15) is 12.7 Å². The van der Waals surface area contributed by atoms with Gasteiger partial charge in [-0.3, -0.25) is 0 Å². The molecule has 1 N–H and O–H groups in total. The van der Waals surface area contributed by atoms with Crippen molar-refractivity contribution in [3.05, 3.63) is 36.3 Å². The fraction of sp³-hybridized carbons (Fsp3) is 0.250. The first-order valence-electron chi connectivity index (χ1n) is 5.21. The van der Waals surface area contributed by atoms with Crippen LogP contribution in [0.25, 0.3) is 11.3 Å². The van der Waals surface area contributed by atoms with E-state index in [1.165, 1.54) is 10.5 Å². The summed E-state index contributed by atoms with van der Waals surface area (Å²) in [5, 5.41) is 0. The molecule has 0 atom stereocenters. The molecule has 0 bridgehead atoms. The first-order chi connectivity index (χ1) is 7.83. The van der Waals surface area contributed by atoms with Crippen molar-refractivity contribution >= 4 is 24.4 Å². The van der Waals surface area contributed by atoms with E-state index in [1.54, 1.807) is 0 Å². The summed E-state index contributed by atoms with van der Waals surface area (Å²) in [5.74, 6) is 2.65. The highest BCUT2D eigenvalue weighted by molar-refractivity contribution is 7.99. The Bertz CT molecular complexity index is 448. The SMILES string of the molecule is CCSc1ccc(-c2cnc(CS)[nH]2)cc1. The van der Waals surface area contributed by atoms with Gasteiger partial charge in [0.25, 0.3) is 0 Å². The quantitative estimate of drug-likeness (QED) is 0.641. The van der Waals surface area contributed by atoms with E-state index in [2.05, 4.69) is 53.8 Å². The molecule has 0 aliphatic rings. The van der Waals surface area contributed by atoms with E-state index in [9.17, 15) is 0 Å². The summed E-state index contributed by atoms with van der Waals surface area (Å²) in [6.07, 6.45) is 1.85. The molecule has 4 heteroatoms. The molecule has 84 valence electrons. The Morgan fingerprint density at radius 2 is 2.06 bits per heavy atom. The third-order valence-electron chi connectivity index (χ3n) is 2.25. The average Bonchev–Trinajstić information content (AvgIpc) is 2.79. The minimum absolute atomic E-state index is 0.643. The number of hydrogen-bond donors (Lipinski definition) is 2. The van der Waals surface area contributed by atoms with Gasteiger partial charge in [0, 0.05) is 10.6 Å². The maximum absolute atomic E-state index is 4.23. The minimum Gasteiger partial charge on any atom is -0.341 e. The van der Waals surface area contributed by atoms with Crippen LogP contribution in [0.3, 0.4) is 0 Å². The summed E-state index contributed by atoms with van der Waals surface area (Å²) in [6.45, 7) is 2.16. The first kappa shape index (κ1) is 11.6. The molecule has 1 aromatic carbocycles. The zero-order valence-corrected chi connectivity index (χ0v) is 10.8. The minimum atomic E-state index is 0.643. The smallest absolute Gasteiger partial charge is 0.116 e. The summed E-state index contributed by atoms with van der Waals surface area (Å²) in [6, 6.07) is 8.52. The molecule has 0 amide bonds. The van der Waals surface area contributed by atoms with Gasteiger partial charge in [-0.2, -0.15) is 12.6 Å². The number of benzene rings is 1. The Morgan fingerprint density at radius 1 is 1.31 bits per heavy atom. The molecule has 0 unspecified atom stereocenters. The molecule has 2 nitrogen and oxygen atoms in total. The van der Waals surface area contributed by atoms with E-state index in [-0.39, 0.29) is 0 Å². The van der Waals surface area contributed by atoms with Crippen molar-refractivity contribution in [3.63, 3.8) is 0 Å². The molecule has 2 aromatic rings. The van der Waals surface area contributed by atoms with Crippen LogP contribution in [-0.2, 0) is 5.75 Å². The molecule has 0 saturated carbocycles. The Kier molecular flexibility index (Phi) is 3.96. The van der Waals surface area contributed by atoms with Crippen LogP contribution in [0, 0.1) is 0 Å². The number of thioether (sulfide) groups is 1. The van der Waals surface area contributed by atoms with Gasteiger partial charge in [0.05, 0.1) is 11.9 Å². The van der Waals surface area contributed by atoms with E-state index in [1.807, 2.05) is 18.0 Å². The van der Waals surface area contributed by atoms with Gasteiger partial charge in [-0.25, -0.2) is 4.98 Å². The van der Waals surface area contributed by atoms with Crippen molar-refractivity contribution in [1.29, 1.82) is 0 Å². The van der Waals surface area contributed by atoms with Crippen molar-refractivity contribution in [2.45, 2.75) is 17.6 Å². The Labute approximate surface area is 105 Å². The van der Waals surface area contributed by atoms with E-state index in [0.717, 1.165) is 17.3 Å². The van der Waals surface area contributed by atoms with Crippen LogP contribution in [0.15, 0.2) is 35.4 Å². The van der Waals surface area contributed by atoms with Crippen molar-refractivity contribution in [2.75, 3.05) is 5.75 Å². The largest absolute Gasteiger partial charge is 0.341 e. The summed E-state index contributed by atoms with van der Waals surface area (Å²) >= 11 is 6.03. The van der Waals surface area contributed by atoms with Crippen LogP contribution in [0.2, 0.25) is 0 Å². The highest BCUT2D eigenvalue weighted by Gasteiger charge is 2.02. The van der Waals surface area contributed by atoms with E-state index >= 15 is 0 Å². The molecule has 0 fully saturated rings. The molecule has 0 saturated heterocycles. The third-order valence-corrected chi connectivity index (χ3v) is 3.45. The molecule has 0 radical (unpaired) electrons. The summed E-state index contributed by atoms with van der Waals surface area (Å²) in [5.41, 5.74) is 2.22. The average molecular weight is 250 g/mol. The van der Waals surface area contributed by atoms with Crippen LogP contribution >= 0.6 is 24.4 Å². The first-order valence-corrected chi connectivity index (χ1v) is 6.83. The maximum atomic E-state index is 4.23. The van der Waals surface area contributed by atoms with Crippen molar-refractivity contribution in [2.24, 2.45) is 0 Å². The second kappa shape index (κ2) is 5.46.